The van der Waals surface area contributed by atoms with Gasteiger partial charge < -0.3 is 9.74 Å². The van der Waals surface area contributed by atoms with Gasteiger partial charge in [0.15, 0.2) is 0 Å². The fraction of sp³-hybridized carbons (Fsp3) is 0.476. The number of benzene rings is 1. The van der Waals surface area contributed by atoms with Crippen LogP contribution in [0.25, 0.3) is 0 Å². The molecule has 4 nitrogen and oxygen atoms in total. The highest BCUT2D eigenvalue weighted by atomic mass is 35.5. The Bertz CT molecular complexity index is 757. The standard InChI is InChI=1S/C21H26ClN3OS/c22-18-7-1-2-8-20(18)25-13-11-24(12-14-25)10-4-3-6-17-16-19(23-26-17)21-9-5-15-27-21/h1-2,5,7-9,15,17H,3-4,6,10-14,16H2. The number of piperazine rings is 1. The molecule has 1 aromatic heterocycles. The Balaban J connectivity index is 1.12. The number of para-hydroxylation sites is 1. The molecule has 0 saturated carbocycles. The Morgan fingerprint density at radius 2 is 1.93 bits per heavy atom. The summed E-state index contributed by atoms with van der Waals surface area (Å²) in [7, 11) is 0. The van der Waals surface area contributed by atoms with Crippen LogP contribution in [0.2, 0.25) is 5.02 Å². The molecule has 0 spiro atoms. The summed E-state index contributed by atoms with van der Waals surface area (Å²) in [6, 6.07) is 12.3. The predicted molar refractivity (Wildman–Crippen MR) is 114 cm³/mol. The number of thiophene rings is 1. The highest BCUT2D eigenvalue weighted by molar-refractivity contribution is 7.12. The quantitative estimate of drug-likeness (QED) is 0.616. The van der Waals surface area contributed by atoms with E-state index in [1.54, 1.807) is 11.3 Å². The van der Waals surface area contributed by atoms with Gasteiger partial charge in [0.25, 0.3) is 0 Å². The van der Waals surface area contributed by atoms with Crippen LogP contribution >= 0.6 is 22.9 Å². The summed E-state index contributed by atoms with van der Waals surface area (Å²) in [5.74, 6) is 0. The zero-order valence-electron chi connectivity index (χ0n) is 15.5. The first-order chi connectivity index (χ1) is 13.3. The molecule has 2 aliphatic heterocycles. The minimum atomic E-state index is 0.263. The van der Waals surface area contributed by atoms with Gasteiger partial charge in [0.05, 0.1) is 15.6 Å². The van der Waals surface area contributed by atoms with Gasteiger partial charge in [0, 0.05) is 32.6 Å². The van der Waals surface area contributed by atoms with Crippen molar-refractivity contribution >= 4 is 34.3 Å². The molecule has 1 unspecified atom stereocenters. The number of halogens is 1. The van der Waals surface area contributed by atoms with Crippen molar-refractivity contribution in [1.82, 2.24) is 4.90 Å². The Hall–Kier alpha value is -1.56. The largest absolute Gasteiger partial charge is 0.392 e. The lowest BCUT2D eigenvalue weighted by atomic mass is 10.1. The minimum absolute atomic E-state index is 0.263. The molecule has 0 N–H and O–H groups in total. The van der Waals surface area contributed by atoms with Crippen LogP contribution in [0.4, 0.5) is 5.69 Å². The molecular weight excluding hydrogens is 378 g/mol. The van der Waals surface area contributed by atoms with E-state index >= 15 is 0 Å². The summed E-state index contributed by atoms with van der Waals surface area (Å²) in [4.78, 5) is 11.8. The van der Waals surface area contributed by atoms with E-state index in [9.17, 15) is 0 Å². The first-order valence-corrected chi connectivity index (χ1v) is 11.0. The van der Waals surface area contributed by atoms with Crippen molar-refractivity contribution in [3.05, 3.63) is 51.7 Å². The van der Waals surface area contributed by atoms with Gasteiger partial charge >= 0.3 is 0 Å². The van der Waals surface area contributed by atoms with Crippen LogP contribution in [0, 0.1) is 0 Å². The van der Waals surface area contributed by atoms with Crippen LogP contribution in [0.1, 0.15) is 30.6 Å². The van der Waals surface area contributed by atoms with E-state index in [1.807, 2.05) is 12.1 Å². The predicted octanol–water partition coefficient (Wildman–Crippen LogP) is 4.89. The molecule has 1 atom stereocenters. The van der Waals surface area contributed by atoms with E-state index in [0.717, 1.165) is 49.8 Å². The number of oxime groups is 1. The monoisotopic (exact) mass is 403 g/mol. The first-order valence-electron chi connectivity index (χ1n) is 9.78. The van der Waals surface area contributed by atoms with E-state index in [-0.39, 0.29) is 6.10 Å². The summed E-state index contributed by atoms with van der Waals surface area (Å²) in [6.07, 6.45) is 4.73. The number of nitrogens with zero attached hydrogens (tertiary/aromatic N) is 3. The molecular formula is C21H26ClN3OS. The van der Waals surface area contributed by atoms with E-state index in [1.165, 1.54) is 30.0 Å². The lowest BCUT2D eigenvalue weighted by Gasteiger charge is -2.36. The molecule has 0 amide bonds. The Kier molecular flexibility index (Phi) is 6.32. The molecule has 144 valence electrons. The molecule has 1 fully saturated rings. The third kappa shape index (κ3) is 4.84. The maximum Gasteiger partial charge on any atom is 0.133 e. The number of hydrogen-bond acceptors (Lipinski definition) is 5. The SMILES string of the molecule is Clc1ccccc1N1CCN(CCCCC2CC(c3cccs3)=NO2)CC1. The average Bonchev–Trinajstić information content (AvgIpc) is 3.38. The summed E-state index contributed by atoms with van der Waals surface area (Å²) in [5.41, 5.74) is 2.28. The van der Waals surface area contributed by atoms with Crippen LogP contribution in [0.5, 0.6) is 0 Å². The lowest BCUT2D eigenvalue weighted by Crippen LogP contribution is -2.46. The number of hydrogen-bond donors (Lipinski definition) is 0. The van der Waals surface area contributed by atoms with Crippen molar-refractivity contribution in [2.24, 2.45) is 5.16 Å². The lowest BCUT2D eigenvalue weighted by molar-refractivity contribution is 0.0763. The van der Waals surface area contributed by atoms with Crippen LogP contribution in [-0.2, 0) is 4.84 Å². The Morgan fingerprint density at radius 1 is 1.07 bits per heavy atom. The molecule has 1 aromatic carbocycles. The van der Waals surface area contributed by atoms with Crippen molar-refractivity contribution < 1.29 is 4.84 Å². The van der Waals surface area contributed by atoms with E-state index in [0.29, 0.717) is 0 Å². The topological polar surface area (TPSA) is 28.1 Å². The minimum Gasteiger partial charge on any atom is -0.392 e. The van der Waals surface area contributed by atoms with Gasteiger partial charge in [-0.25, -0.2) is 0 Å². The van der Waals surface area contributed by atoms with Gasteiger partial charge in [-0.3, -0.25) is 4.90 Å². The summed E-state index contributed by atoms with van der Waals surface area (Å²) >= 11 is 8.06. The second kappa shape index (κ2) is 9.09. The summed E-state index contributed by atoms with van der Waals surface area (Å²) in [5, 5.41) is 7.22. The molecule has 0 bridgehead atoms. The van der Waals surface area contributed by atoms with E-state index < -0.39 is 0 Å². The smallest absolute Gasteiger partial charge is 0.133 e. The second-order valence-corrected chi connectivity index (χ2v) is 8.58. The van der Waals surface area contributed by atoms with Gasteiger partial charge in [-0.05, 0) is 49.4 Å². The normalized spacial score (nSPS) is 20.6. The molecule has 1 saturated heterocycles. The van der Waals surface area contributed by atoms with Crippen molar-refractivity contribution in [3.8, 4) is 0 Å². The maximum atomic E-state index is 6.33. The van der Waals surface area contributed by atoms with Crippen molar-refractivity contribution in [1.29, 1.82) is 0 Å². The van der Waals surface area contributed by atoms with Crippen LogP contribution in [0.3, 0.4) is 0 Å². The fourth-order valence-electron chi connectivity index (χ4n) is 3.80. The molecule has 27 heavy (non-hydrogen) atoms. The maximum absolute atomic E-state index is 6.33. The van der Waals surface area contributed by atoms with Crippen molar-refractivity contribution in [3.63, 3.8) is 0 Å². The molecule has 4 rings (SSSR count). The average molecular weight is 404 g/mol. The van der Waals surface area contributed by atoms with Crippen LogP contribution in [-0.4, -0.2) is 49.4 Å². The molecule has 0 aliphatic carbocycles. The number of rotatable bonds is 7. The highest BCUT2D eigenvalue weighted by Gasteiger charge is 2.23. The molecule has 3 heterocycles. The van der Waals surface area contributed by atoms with E-state index in [4.69, 9.17) is 16.4 Å². The van der Waals surface area contributed by atoms with Gasteiger partial charge in [0.2, 0.25) is 0 Å². The van der Waals surface area contributed by atoms with Gasteiger partial charge in [0.1, 0.15) is 11.8 Å². The Morgan fingerprint density at radius 3 is 2.70 bits per heavy atom. The number of unbranched alkanes of at least 4 members (excludes halogenated alkanes) is 1. The highest BCUT2D eigenvalue weighted by Crippen LogP contribution is 2.26. The molecule has 2 aliphatic rings. The third-order valence-corrected chi connectivity index (χ3v) is 6.59. The second-order valence-electron chi connectivity index (χ2n) is 7.22. The summed E-state index contributed by atoms with van der Waals surface area (Å²) < 4.78 is 0. The van der Waals surface area contributed by atoms with Crippen LogP contribution in [0.15, 0.2) is 46.9 Å². The van der Waals surface area contributed by atoms with E-state index in [2.05, 4.69) is 44.6 Å². The van der Waals surface area contributed by atoms with Gasteiger partial charge in [-0.15, -0.1) is 11.3 Å². The molecule has 6 heteroatoms. The molecule has 2 aromatic rings. The van der Waals surface area contributed by atoms with Gasteiger partial charge in [-0.1, -0.05) is 35.0 Å². The first kappa shape index (κ1) is 18.8. The summed E-state index contributed by atoms with van der Waals surface area (Å²) in [6.45, 7) is 5.48. The number of anilines is 1. The fourth-order valence-corrected chi connectivity index (χ4v) is 4.77. The third-order valence-electron chi connectivity index (χ3n) is 5.35. The van der Waals surface area contributed by atoms with Gasteiger partial charge in [-0.2, -0.15) is 0 Å². The zero-order chi connectivity index (χ0) is 18.5. The van der Waals surface area contributed by atoms with Crippen molar-refractivity contribution in [2.75, 3.05) is 37.6 Å². The van der Waals surface area contributed by atoms with Crippen molar-refractivity contribution in [2.45, 2.75) is 31.8 Å². The van der Waals surface area contributed by atoms with Crippen LogP contribution < -0.4 is 4.90 Å². The zero-order valence-corrected chi connectivity index (χ0v) is 17.1. The molecule has 0 radical (unpaired) electrons. The Labute approximate surface area is 170 Å².